The van der Waals surface area contributed by atoms with E-state index in [1.165, 1.54) is 29.5 Å². The number of hydrogen-bond donors (Lipinski definition) is 1. The van der Waals surface area contributed by atoms with Crippen molar-refractivity contribution in [1.29, 1.82) is 0 Å². The molecule has 31 heavy (non-hydrogen) atoms. The Morgan fingerprint density at radius 1 is 1.13 bits per heavy atom. The summed E-state index contributed by atoms with van der Waals surface area (Å²) in [6.07, 6.45) is 8.11. The predicted octanol–water partition coefficient (Wildman–Crippen LogP) is 4.20. The minimum atomic E-state index is -0.265. The highest BCUT2D eigenvalue weighted by Gasteiger charge is 2.17. The van der Waals surface area contributed by atoms with Gasteiger partial charge in [-0.3, -0.25) is 9.59 Å². The summed E-state index contributed by atoms with van der Waals surface area (Å²) in [4.78, 5) is 29.2. The van der Waals surface area contributed by atoms with Crippen LogP contribution in [0.4, 0.5) is 0 Å². The largest absolute Gasteiger partial charge is 0.474 e. The lowest BCUT2D eigenvalue weighted by Crippen LogP contribution is -2.26. The van der Waals surface area contributed by atoms with E-state index in [1.54, 1.807) is 18.5 Å². The van der Waals surface area contributed by atoms with Crippen LogP contribution in [0.25, 0.3) is 0 Å². The molecule has 7 heteroatoms. The van der Waals surface area contributed by atoms with E-state index in [9.17, 15) is 9.59 Å². The molecule has 0 spiro atoms. The number of carbonyl (C=O) groups excluding carboxylic acids is 1. The molecule has 0 saturated heterocycles. The summed E-state index contributed by atoms with van der Waals surface area (Å²) < 4.78 is 7.35. The van der Waals surface area contributed by atoms with Gasteiger partial charge in [0.15, 0.2) is 0 Å². The van der Waals surface area contributed by atoms with Gasteiger partial charge in [-0.15, -0.1) is 0 Å². The van der Waals surface area contributed by atoms with Gasteiger partial charge in [0.05, 0.1) is 12.1 Å². The van der Waals surface area contributed by atoms with Crippen molar-refractivity contribution in [3.8, 4) is 5.88 Å². The molecule has 0 aliphatic heterocycles. The van der Waals surface area contributed by atoms with Crippen LogP contribution in [0.1, 0.15) is 47.2 Å². The molecule has 1 aliphatic rings. The van der Waals surface area contributed by atoms with Crippen LogP contribution in [-0.2, 0) is 13.1 Å². The van der Waals surface area contributed by atoms with Gasteiger partial charge in [0.1, 0.15) is 6.10 Å². The molecule has 0 bridgehead atoms. The summed E-state index contributed by atoms with van der Waals surface area (Å²) >= 11 is 6.20. The zero-order valence-corrected chi connectivity index (χ0v) is 17.8. The Hall–Kier alpha value is -3.12. The van der Waals surface area contributed by atoms with Crippen LogP contribution in [0.3, 0.4) is 0 Å². The molecular formula is C24H24ClN3O3. The van der Waals surface area contributed by atoms with Gasteiger partial charge in [-0.05, 0) is 48.9 Å². The smallest absolute Gasteiger partial charge is 0.253 e. The topological polar surface area (TPSA) is 73.2 Å². The third-order valence-electron chi connectivity index (χ3n) is 5.38. The van der Waals surface area contributed by atoms with Crippen molar-refractivity contribution in [2.45, 2.75) is 44.9 Å². The van der Waals surface area contributed by atoms with Gasteiger partial charge in [0.2, 0.25) is 5.88 Å². The highest BCUT2D eigenvalue weighted by molar-refractivity contribution is 6.31. The van der Waals surface area contributed by atoms with Crippen LogP contribution in [-0.4, -0.2) is 21.6 Å². The Labute approximate surface area is 185 Å². The van der Waals surface area contributed by atoms with E-state index in [1.807, 2.05) is 30.3 Å². The number of benzene rings is 1. The summed E-state index contributed by atoms with van der Waals surface area (Å²) in [6.45, 7) is 0.630. The number of amides is 1. The second kappa shape index (κ2) is 9.79. The summed E-state index contributed by atoms with van der Waals surface area (Å²) in [5.41, 5.74) is 1.89. The predicted molar refractivity (Wildman–Crippen MR) is 120 cm³/mol. The number of aromatic nitrogens is 2. The molecule has 2 heterocycles. The summed E-state index contributed by atoms with van der Waals surface area (Å²) in [5, 5.41) is 3.45. The number of hydrogen-bond acceptors (Lipinski definition) is 4. The van der Waals surface area contributed by atoms with Gasteiger partial charge >= 0.3 is 0 Å². The fourth-order valence-electron chi connectivity index (χ4n) is 3.65. The van der Waals surface area contributed by atoms with Gasteiger partial charge in [0.25, 0.3) is 11.5 Å². The van der Waals surface area contributed by atoms with Gasteiger partial charge < -0.3 is 14.6 Å². The lowest BCUT2D eigenvalue weighted by molar-refractivity contribution is 0.0950. The summed E-state index contributed by atoms with van der Waals surface area (Å²) in [7, 11) is 0. The van der Waals surface area contributed by atoms with Crippen LogP contribution in [0, 0.1) is 0 Å². The average Bonchev–Trinajstić information content (AvgIpc) is 3.29. The molecular weight excluding hydrogens is 414 g/mol. The van der Waals surface area contributed by atoms with Gasteiger partial charge in [-0.2, -0.15) is 0 Å². The van der Waals surface area contributed by atoms with Gasteiger partial charge in [0, 0.05) is 36.1 Å². The Bertz CT molecular complexity index is 1110. The fourth-order valence-corrected chi connectivity index (χ4v) is 3.84. The number of nitrogens with zero attached hydrogens (tertiary/aromatic N) is 2. The van der Waals surface area contributed by atoms with Crippen LogP contribution >= 0.6 is 11.6 Å². The average molecular weight is 438 g/mol. The SMILES string of the molecule is O=C(NCc1ccc(OC2CCCC2)nc1)c1ccc(=O)n(Cc2ccccc2Cl)c1. The number of halogens is 1. The normalized spacial score (nSPS) is 13.8. The van der Waals surface area contributed by atoms with Gasteiger partial charge in [-0.25, -0.2) is 4.98 Å². The quantitative estimate of drug-likeness (QED) is 0.601. The van der Waals surface area contributed by atoms with Gasteiger partial charge in [-0.1, -0.05) is 35.9 Å². The second-order valence-electron chi connectivity index (χ2n) is 7.69. The van der Waals surface area contributed by atoms with Crippen molar-refractivity contribution >= 4 is 17.5 Å². The maximum atomic E-state index is 12.6. The molecule has 1 amide bonds. The number of ether oxygens (including phenoxy) is 1. The first-order chi connectivity index (χ1) is 15.1. The number of carbonyl (C=O) groups is 1. The van der Waals surface area contributed by atoms with E-state index in [-0.39, 0.29) is 17.6 Å². The molecule has 3 aromatic rings. The van der Waals surface area contributed by atoms with E-state index < -0.39 is 0 Å². The molecule has 1 N–H and O–H groups in total. The molecule has 1 saturated carbocycles. The van der Waals surface area contributed by atoms with E-state index in [4.69, 9.17) is 16.3 Å². The van der Waals surface area contributed by atoms with Crippen LogP contribution in [0.5, 0.6) is 5.88 Å². The minimum Gasteiger partial charge on any atom is -0.474 e. The Kier molecular flexibility index (Phi) is 6.67. The Balaban J connectivity index is 1.37. The first-order valence-electron chi connectivity index (χ1n) is 10.4. The summed E-state index contributed by atoms with van der Waals surface area (Å²) in [5.74, 6) is 0.354. The first kappa shape index (κ1) is 21.1. The Morgan fingerprint density at radius 2 is 1.94 bits per heavy atom. The molecule has 1 aliphatic carbocycles. The third kappa shape index (κ3) is 5.52. The molecule has 6 nitrogen and oxygen atoms in total. The van der Waals surface area contributed by atoms with Crippen molar-refractivity contribution in [3.05, 3.63) is 93.0 Å². The molecule has 0 radical (unpaired) electrons. The highest BCUT2D eigenvalue weighted by atomic mass is 35.5. The van der Waals surface area contributed by atoms with Crippen LogP contribution in [0.2, 0.25) is 5.02 Å². The standard InChI is InChI=1S/C24H24ClN3O3/c25-21-8-4-1-5-18(21)15-28-16-19(10-12-23(28)29)24(30)27-14-17-9-11-22(26-13-17)31-20-6-2-3-7-20/h1,4-5,8-13,16,20H,2-3,6-7,14-15H2,(H,27,30). The maximum absolute atomic E-state index is 12.6. The molecule has 0 atom stereocenters. The molecule has 2 aromatic heterocycles. The molecule has 4 rings (SSSR count). The summed E-state index contributed by atoms with van der Waals surface area (Å²) in [6, 6.07) is 14.0. The monoisotopic (exact) mass is 437 g/mol. The lowest BCUT2D eigenvalue weighted by atomic mass is 10.2. The first-order valence-corrected chi connectivity index (χ1v) is 10.8. The van der Waals surface area contributed by atoms with E-state index in [0.717, 1.165) is 24.0 Å². The van der Waals surface area contributed by atoms with Crippen LogP contribution in [0.15, 0.2) is 65.7 Å². The van der Waals surface area contributed by atoms with Crippen molar-refractivity contribution in [1.82, 2.24) is 14.9 Å². The zero-order chi connectivity index (χ0) is 21.6. The fraction of sp³-hybridized carbons (Fsp3) is 0.292. The number of pyridine rings is 2. The number of rotatable bonds is 7. The highest BCUT2D eigenvalue weighted by Crippen LogP contribution is 2.23. The molecule has 0 unspecified atom stereocenters. The van der Waals surface area contributed by atoms with E-state index in [2.05, 4.69) is 10.3 Å². The van der Waals surface area contributed by atoms with Crippen molar-refractivity contribution in [2.75, 3.05) is 0 Å². The van der Waals surface area contributed by atoms with E-state index in [0.29, 0.717) is 29.6 Å². The Morgan fingerprint density at radius 3 is 2.68 bits per heavy atom. The van der Waals surface area contributed by atoms with Crippen molar-refractivity contribution in [2.24, 2.45) is 0 Å². The minimum absolute atomic E-state index is 0.196. The molecule has 1 fully saturated rings. The lowest BCUT2D eigenvalue weighted by Gasteiger charge is -2.12. The number of nitrogens with one attached hydrogen (secondary N) is 1. The zero-order valence-electron chi connectivity index (χ0n) is 17.1. The van der Waals surface area contributed by atoms with E-state index >= 15 is 0 Å². The molecule has 160 valence electrons. The third-order valence-corrected chi connectivity index (χ3v) is 5.75. The second-order valence-corrected chi connectivity index (χ2v) is 8.09. The van der Waals surface area contributed by atoms with Crippen molar-refractivity contribution in [3.63, 3.8) is 0 Å². The van der Waals surface area contributed by atoms with Crippen molar-refractivity contribution < 1.29 is 9.53 Å². The van der Waals surface area contributed by atoms with Crippen LogP contribution < -0.4 is 15.6 Å². The molecule has 1 aromatic carbocycles. The maximum Gasteiger partial charge on any atom is 0.253 e.